The van der Waals surface area contributed by atoms with Gasteiger partial charge in [0, 0.05) is 12.8 Å². The molecule has 1 N–H and O–H groups in total. The quantitative estimate of drug-likeness (QED) is 0.0211. The highest BCUT2D eigenvalue weighted by Gasteiger charge is 2.25. The molecule has 9 heteroatoms. The summed E-state index contributed by atoms with van der Waals surface area (Å²) in [5, 5.41) is 9.72. The molecule has 0 saturated carbocycles. The lowest BCUT2D eigenvalue weighted by Crippen LogP contribution is -2.40. The number of rotatable bonds is 57. The number of hydrogen-bond acceptors (Lipinski definition) is 7. The minimum atomic E-state index is -1.54. The van der Waals surface area contributed by atoms with Gasteiger partial charge in [-0.2, -0.15) is 0 Å². The minimum absolute atomic E-state index is 0.167. The standard InChI is InChI=1S/C76H117NO8/c1-6-8-10-12-14-16-18-20-22-24-26-28-29-30-31-32-33-34-35-36-37-38-39-40-41-42-43-44-45-47-49-51-53-55-57-59-61-63-65-67-74(79)85-72(71-84-76(75(80)81)82-69-68-77(3,4)5)70-83-73(78)66-64-62-60-58-56-54-52-50-48-46-27-25-23-21-19-17-15-13-11-9-7-2/h8-11,14-17,20-23,26-28,30-31,33-34,36-37,39-40,42-43,45-47,50,52,56,58,72,76H,6-7,12-13,18-19,24-25,29,32,35,38,41,44,48-49,51,53-55,57,59-71H2,1-5H3/p+1/b10-8-,11-9-,16-14-,17-15-,22-20-,23-21-,28-26-,31-30-,34-33-,37-36-,40-39-,43-42-,46-27-,47-45-,52-50-,58-56-. The molecule has 0 amide bonds. The molecule has 0 fully saturated rings. The lowest BCUT2D eigenvalue weighted by atomic mass is 10.1. The number of hydrogen-bond donors (Lipinski definition) is 1. The van der Waals surface area contributed by atoms with Crippen molar-refractivity contribution in [1.82, 2.24) is 0 Å². The second-order valence-corrected chi connectivity index (χ2v) is 22.0. The molecule has 0 aliphatic carbocycles. The molecule has 0 bridgehead atoms. The fourth-order valence-electron chi connectivity index (χ4n) is 7.93. The molecule has 2 unspecified atom stereocenters. The van der Waals surface area contributed by atoms with Crippen LogP contribution in [0.5, 0.6) is 0 Å². The molecule has 474 valence electrons. The first-order chi connectivity index (χ1) is 41.6. The highest BCUT2D eigenvalue weighted by Crippen LogP contribution is 2.13. The summed E-state index contributed by atoms with van der Waals surface area (Å²) in [7, 11) is 5.94. The molecule has 0 rings (SSSR count). The summed E-state index contributed by atoms with van der Waals surface area (Å²) in [4.78, 5) is 37.5. The zero-order valence-corrected chi connectivity index (χ0v) is 53.9. The van der Waals surface area contributed by atoms with Crippen LogP contribution in [-0.4, -0.2) is 87.4 Å². The Kier molecular flexibility index (Phi) is 59.7. The topological polar surface area (TPSA) is 108 Å². The Morgan fingerprint density at radius 1 is 0.353 bits per heavy atom. The van der Waals surface area contributed by atoms with Crippen molar-refractivity contribution in [3.8, 4) is 0 Å². The third-order valence-corrected chi connectivity index (χ3v) is 12.8. The summed E-state index contributed by atoms with van der Waals surface area (Å²) in [6, 6.07) is 0. The van der Waals surface area contributed by atoms with E-state index in [2.05, 4.69) is 208 Å². The number of esters is 2. The Morgan fingerprint density at radius 3 is 0.965 bits per heavy atom. The van der Waals surface area contributed by atoms with E-state index in [1.165, 1.54) is 25.7 Å². The number of aliphatic carboxylic acids is 1. The van der Waals surface area contributed by atoms with Crippen LogP contribution in [0.3, 0.4) is 0 Å². The van der Waals surface area contributed by atoms with Gasteiger partial charge in [-0.15, -0.1) is 0 Å². The Bertz CT molecular complexity index is 2090. The maximum atomic E-state index is 12.9. The maximum absolute atomic E-state index is 12.9. The number of allylic oxidation sites excluding steroid dienone is 32. The van der Waals surface area contributed by atoms with Crippen LogP contribution in [0.25, 0.3) is 0 Å². The van der Waals surface area contributed by atoms with Gasteiger partial charge >= 0.3 is 17.9 Å². The lowest BCUT2D eigenvalue weighted by Gasteiger charge is -2.25. The normalized spacial score (nSPS) is 14.0. The number of quaternary nitrogens is 1. The van der Waals surface area contributed by atoms with E-state index < -0.39 is 30.3 Å². The summed E-state index contributed by atoms with van der Waals surface area (Å²) < 4.78 is 22.8. The van der Waals surface area contributed by atoms with Crippen molar-refractivity contribution < 1.29 is 42.9 Å². The molecule has 0 radical (unpaired) electrons. The van der Waals surface area contributed by atoms with E-state index >= 15 is 0 Å². The number of carbonyl (C=O) groups is 3. The predicted octanol–water partition coefficient (Wildman–Crippen LogP) is 20.2. The first-order valence-corrected chi connectivity index (χ1v) is 32.6. The van der Waals surface area contributed by atoms with Crippen LogP contribution >= 0.6 is 0 Å². The maximum Gasteiger partial charge on any atom is 0.361 e. The second kappa shape index (κ2) is 64.1. The van der Waals surface area contributed by atoms with Gasteiger partial charge < -0.3 is 28.5 Å². The molecule has 9 nitrogen and oxygen atoms in total. The molecule has 0 saturated heterocycles. The Labute approximate surface area is 519 Å². The summed E-state index contributed by atoms with van der Waals surface area (Å²) in [6.45, 7) is 4.55. The number of carbonyl (C=O) groups excluding carboxylic acids is 2. The summed E-state index contributed by atoms with van der Waals surface area (Å²) in [6.07, 6.45) is 96.7. The second-order valence-electron chi connectivity index (χ2n) is 22.0. The smallest absolute Gasteiger partial charge is 0.361 e. The van der Waals surface area contributed by atoms with Crippen LogP contribution in [0, 0.1) is 0 Å². The van der Waals surface area contributed by atoms with E-state index in [9.17, 15) is 19.5 Å². The molecule has 0 heterocycles. The van der Waals surface area contributed by atoms with E-state index in [0.717, 1.165) is 141 Å². The fourth-order valence-corrected chi connectivity index (χ4v) is 7.93. The monoisotopic (exact) mass is 1170 g/mol. The average molecular weight is 1170 g/mol. The first kappa shape index (κ1) is 79.1. The van der Waals surface area contributed by atoms with E-state index in [4.69, 9.17) is 18.9 Å². The van der Waals surface area contributed by atoms with Gasteiger partial charge in [-0.25, -0.2) is 4.79 Å². The van der Waals surface area contributed by atoms with Gasteiger partial charge in [0.05, 0.1) is 34.4 Å². The van der Waals surface area contributed by atoms with Gasteiger partial charge in [0.2, 0.25) is 0 Å². The molecule has 0 aliphatic heterocycles. The molecule has 0 spiro atoms. The van der Waals surface area contributed by atoms with Crippen LogP contribution in [0.15, 0.2) is 194 Å². The highest BCUT2D eigenvalue weighted by atomic mass is 16.7. The Balaban J connectivity index is 4.28. The van der Waals surface area contributed by atoms with Crippen molar-refractivity contribution in [2.24, 2.45) is 0 Å². The number of carboxylic acid groups (broad SMARTS) is 1. The van der Waals surface area contributed by atoms with Gasteiger partial charge in [0.1, 0.15) is 13.2 Å². The molecular weight excluding hydrogens is 1050 g/mol. The zero-order valence-electron chi connectivity index (χ0n) is 53.9. The highest BCUT2D eigenvalue weighted by molar-refractivity contribution is 5.71. The number of carboxylic acids is 1. The molecule has 0 aliphatic rings. The van der Waals surface area contributed by atoms with Gasteiger partial charge in [-0.05, 0) is 141 Å². The van der Waals surface area contributed by atoms with E-state index in [1.54, 1.807) is 0 Å². The predicted molar refractivity (Wildman–Crippen MR) is 363 cm³/mol. The fraction of sp³-hybridized carbons (Fsp3) is 0.539. The molecule has 0 aromatic rings. The minimum Gasteiger partial charge on any atom is -0.477 e. The van der Waals surface area contributed by atoms with E-state index in [-0.39, 0.29) is 32.7 Å². The summed E-state index contributed by atoms with van der Waals surface area (Å²) in [5.41, 5.74) is 0. The van der Waals surface area contributed by atoms with Crippen LogP contribution in [-0.2, 0) is 33.3 Å². The largest absolute Gasteiger partial charge is 0.477 e. The molecule has 0 aromatic carbocycles. The van der Waals surface area contributed by atoms with Crippen molar-refractivity contribution in [3.05, 3.63) is 194 Å². The average Bonchev–Trinajstić information content (AvgIpc) is 3.49. The van der Waals surface area contributed by atoms with Crippen molar-refractivity contribution in [1.29, 1.82) is 0 Å². The number of ether oxygens (including phenoxy) is 4. The third-order valence-electron chi connectivity index (χ3n) is 12.8. The van der Waals surface area contributed by atoms with Crippen LogP contribution in [0.4, 0.5) is 0 Å². The summed E-state index contributed by atoms with van der Waals surface area (Å²) >= 11 is 0. The van der Waals surface area contributed by atoms with Gasteiger partial charge in [-0.3, -0.25) is 9.59 Å². The van der Waals surface area contributed by atoms with E-state index in [0.29, 0.717) is 23.9 Å². The van der Waals surface area contributed by atoms with Crippen molar-refractivity contribution in [2.75, 3.05) is 47.5 Å². The van der Waals surface area contributed by atoms with Gasteiger partial charge in [0.15, 0.2) is 6.10 Å². The zero-order chi connectivity index (χ0) is 61.9. The lowest BCUT2D eigenvalue weighted by molar-refractivity contribution is -0.870. The molecular formula is C76H118NO8+. The van der Waals surface area contributed by atoms with Gasteiger partial charge in [0.25, 0.3) is 6.29 Å². The van der Waals surface area contributed by atoms with Gasteiger partial charge in [-0.1, -0.05) is 247 Å². The Morgan fingerprint density at radius 2 is 0.635 bits per heavy atom. The number of likely N-dealkylation sites (N-methyl/N-ethyl adjacent to an activating group) is 1. The van der Waals surface area contributed by atoms with E-state index in [1.807, 2.05) is 21.1 Å². The summed E-state index contributed by atoms with van der Waals surface area (Å²) in [5.74, 6) is -2.10. The van der Waals surface area contributed by atoms with Crippen molar-refractivity contribution in [2.45, 2.75) is 219 Å². The Hall–Kier alpha value is -5.87. The third kappa shape index (κ3) is 65.5. The van der Waals surface area contributed by atoms with Crippen LogP contribution in [0.1, 0.15) is 206 Å². The van der Waals surface area contributed by atoms with Crippen LogP contribution < -0.4 is 0 Å². The SMILES string of the molecule is CC/C=C\C/C=C\C/C=C\C/C=C\C/C=C\C/C=C\C/C=C\C/C=C\C/C=C\C/C=C\CCCCCCCCCCC(=O)OC(COC(=O)CCCC/C=C\C/C=C\C/C=C\C/C=C\C/C=C\C/C=C\CC)COC(OCC[N+](C)(C)C)C(=O)O. The van der Waals surface area contributed by atoms with Crippen LogP contribution in [0.2, 0.25) is 0 Å². The molecule has 85 heavy (non-hydrogen) atoms. The number of nitrogens with zero attached hydrogens (tertiary/aromatic N) is 1. The first-order valence-electron chi connectivity index (χ1n) is 32.6. The number of unbranched alkanes of at least 4 members (excludes halogenated alkanes) is 10. The van der Waals surface area contributed by atoms with Crippen molar-refractivity contribution >= 4 is 17.9 Å². The van der Waals surface area contributed by atoms with Crippen molar-refractivity contribution in [3.63, 3.8) is 0 Å². The molecule has 0 aromatic heterocycles. The molecule has 2 atom stereocenters.